The third-order valence-electron chi connectivity index (χ3n) is 6.56. The maximum Gasteiger partial charge on any atom is 0.301 e. The van der Waals surface area contributed by atoms with Gasteiger partial charge >= 0.3 is 6.08 Å². The molecule has 1 aliphatic rings. The fourth-order valence-electron chi connectivity index (χ4n) is 4.75. The van der Waals surface area contributed by atoms with E-state index in [-0.39, 0.29) is 24.6 Å². The van der Waals surface area contributed by atoms with Crippen LogP contribution in [-0.2, 0) is 5.41 Å². The summed E-state index contributed by atoms with van der Waals surface area (Å²) in [5.41, 5.74) is 1.97. The van der Waals surface area contributed by atoms with E-state index in [2.05, 4.69) is 0 Å². The van der Waals surface area contributed by atoms with Crippen molar-refractivity contribution < 1.29 is 23.1 Å². The first-order chi connectivity index (χ1) is 15.8. The molecule has 33 heavy (non-hydrogen) atoms. The Kier molecular flexibility index (Phi) is 8.19. The Labute approximate surface area is 193 Å². The third-order valence-corrected chi connectivity index (χ3v) is 6.56. The van der Waals surface area contributed by atoms with Crippen LogP contribution in [0.15, 0.2) is 60.4 Å². The van der Waals surface area contributed by atoms with Crippen LogP contribution in [0, 0.1) is 0 Å². The molecule has 0 saturated carbocycles. The summed E-state index contributed by atoms with van der Waals surface area (Å²) in [6.07, 6.45) is -1.03. The zero-order valence-corrected chi connectivity index (χ0v) is 19.2. The van der Waals surface area contributed by atoms with Gasteiger partial charge in [0.2, 0.25) is 0 Å². The van der Waals surface area contributed by atoms with Gasteiger partial charge < -0.3 is 14.9 Å². The Bertz CT molecular complexity index is 985. The molecule has 1 unspecified atom stereocenters. The number of hydrogen-bond acceptors (Lipinski definition) is 3. The standard InChI is InChI=1S/C26H31F3N2O2/c1-3-31(4-2)25(33)19-9-11-20(12-10-19)26(21-7-5-8-22(32)17-21)14-6-15-30(18-26)16-13-23(27)24(28)29/h5,7-12,17,32H,3-4,6,13-16,18H2,1-2H3. The Morgan fingerprint density at radius 2 is 1.76 bits per heavy atom. The summed E-state index contributed by atoms with van der Waals surface area (Å²) in [5, 5.41) is 10.1. The lowest BCUT2D eigenvalue weighted by Crippen LogP contribution is -2.47. The van der Waals surface area contributed by atoms with E-state index in [1.165, 1.54) is 0 Å². The fourth-order valence-corrected chi connectivity index (χ4v) is 4.75. The van der Waals surface area contributed by atoms with Crippen LogP contribution in [-0.4, -0.2) is 53.5 Å². The molecular formula is C26H31F3N2O2. The largest absolute Gasteiger partial charge is 0.508 e. The van der Waals surface area contributed by atoms with Crippen molar-refractivity contribution in [3.8, 4) is 5.75 Å². The second kappa shape index (κ2) is 10.9. The van der Waals surface area contributed by atoms with Crippen molar-refractivity contribution >= 4 is 5.91 Å². The van der Waals surface area contributed by atoms with E-state index in [0.717, 1.165) is 24.0 Å². The molecule has 1 amide bonds. The molecular weight excluding hydrogens is 429 g/mol. The third kappa shape index (κ3) is 5.58. The first kappa shape index (κ1) is 24.8. The highest BCUT2D eigenvalue weighted by Gasteiger charge is 2.39. The summed E-state index contributed by atoms with van der Waals surface area (Å²) < 4.78 is 38.5. The molecule has 178 valence electrons. The number of phenolic OH excluding ortho intramolecular Hbond substituents is 1. The van der Waals surface area contributed by atoms with Gasteiger partial charge in [0.1, 0.15) is 5.75 Å². The van der Waals surface area contributed by atoms with Crippen molar-refractivity contribution in [3.63, 3.8) is 0 Å². The molecule has 3 rings (SSSR count). The number of phenols is 1. The second-order valence-corrected chi connectivity index (χ2v) is 8.48. The molecule has 1 aliphatic heterocycles. The van der Waals surface area contributed by atoms with E-state index < -0.39 is 17.3 Å². The van der Waals surface area contributed by atoms with Gasteiger partial charge in [-0.3, -0.25) is 4.79 Å². The van der Waals surface area contributed by atoms with E-state index in [1.807, 2.05) is 49.1 Å². The number of piperidine rings is 1. The quantitative estimate of drug-likeness (QED) is 0.548. The van der Waals surface area contributed by atoms with Gasteiger partial charge in [-0.15, -0.1) is 0 Å². The van der Waals surface area contributed by atoms with Crippen LogP contribution in [0.1, 0.15) is 54.6 Å². The molecule has 0 aromatic heterocycles. The van der Waals surface area contributed by atoms with Crippen LogP contribution in [0.5, 0.6) is 5.75 Å². The molecule has 2 aromatic carbocycles. The minimum atomic E-state index is -2.26. The smallest absolute Gasteiger partial charge is 0.301 e. The maximum atomic E-state index is 13.4. The number of rotatable bonds is 8. The average molecular weight is 461 g/mol. The minimum Gasteiger partial charge on any atom is -0.508 e. The minimum absolute atomic E-state index is 0.0289. The van der Waals surface area contributed by atoms with Crippen molar-refractivity contribution in [1.82, 2.24) is 9.80 Å². The highest BCUT2D eigenvalue weighted by Crippen LogP contribution is 2.41. The highest BCUT2D eigenvalue weighted by atomic mass is 19.3. The molecule has 7 heteroatoms. The predicted octanol–water partition coefficient (Wildman–Crippen LogP) is 5.72. The van der Waals surface area contributed by atoms with Gasteiger partial charge in [0, 0.05) is 43.6 Å². The van der Waals surface area contributed by atoms with Gasteiger partial charge in [-0.25, -0.2) is 4.39 Å². The molecule has 2 aromatic rings. The lowest BCUT2D eigenvalue weighted by molar-refractivity contribution is 0.0773. The molecule has 1 saturated heterocycles. The molecule has 1 N–H and O–H groups in total. The lowest BCUT2D eigenvalue weighted by atomic mass is 9.69. The average Bonchev–Trinajstić information content (AvgIpc) is 2.83. The van der Waals surface area contributed by atoms with E-state index in [1.54, 1.807) is 23.1 Å². The first-order valence-electron chi connectivity index (χ1n) is 11.4. The van der Waals surface area contributed by atoms with Gasteiger partial charge in [0.15, 0.2) is 5.83 Å². The summed E-state index contributed by atoms with van der Waals surface area (Å²) in [5.74, 6) is -1.26. The van der Waals surface area contributed by atoms with E-state index >= 15 is 0 Å². The number of benzene rings is 2. The Hall–Kier alpha value is -2.80. The zero-order chi connectivity index (χ0) is 24.0. The van der Waals surface area contributed by atoms with Gasteiger partial charge in [0.05, 0.1) is 0 Å². The number of aromatic hydroxyl groups is 1. The zero-order valence-electron chi connectivity index (χ0n) is 19.2. The van der Waals surface area contributed by atoms with Gasteiger partial charge in [-0.05, 0) is 68.6 Å². The molecule has 1 fully saturated rings. The fraction of sp³-hybridized carbons (Fsp3) is 0.423. The van der Waals surface area contributed by atoms with Crippen molar-refractivity contribution in [1.29, 1.82) is 0 Å². The number of likely N-dealkylation sites (tertiary alicyclic amines) is 1. The van der Waals surface area contributed by atoms with Crippen LogP contribution in [0.4, 0.5) is 13.2 Å². The summed E-state index contributed by atoms with van der Waals surface area (Å²) in [4.78, 5) is 16.5. The maximum absolute atomic E-state index is 13.4. The molecule has 0 aliphatic carbocycles. The molecule has 1 atom stereocenters. The van der Waals surface area contributed by atoms with Crippen LogP contribution in [0.2, 0.25) is 0 Å². The number of halogens is 3. The summed E-state index contributed by atoms with van der Waals surface area (Å²) >= 11 is 0. The van der Waals surface area contributed by atoms with Crippen molar-refractivity contribution in [3.05, 3.63) is 77.1 Å². The van der Waals surface area contributed by atoms with Crippen LogP contribution >= 0.6 is 0 Å². The molecule has 0 radical (unpaired) electrons. The molecule has 1 heterocycles. The van der Waals surface area contributed by atoms with Crippen molar-refractivity contribution in [2.24, 2.45) is 0 Å². The normalized spacial score (nSPS) is 18.7. The highest BCUT2D eigenvalue weighted by molar-refractivity contribution is 5.94. The number of nitrogens with zero attached hydrogens (tertiary/aromatic N) is 2. The predicted molar refractivity (Wildman–Crippen MR) is 123 cm³/mol. The molecule has 0 bridgehead atoms. The van der Waals surface area contributed by atoms with Gasteiger partial charge in [-0.1, -0.05) is 24.3 Å². The van der Waals surface area contributed by atoms with E-state index in [9.17, 15) is 23.1 Å². The number of hydrogen-bond donors (Lipinski definition) is 1. The topological polar surface area (TPSA) is 43.8 Å². The van der Waals surface area contributed by atoms with Crippen LogP contribution < -0.4 is 0 Å². The Morgan fingerprint density at radius 3 is 2.36 bits per heavy atom. The number of carbonyl (C=O) groups excluding carboxylic acids is 1. The second-order valence-electron chi connectivity index (χ2n) is 8.48. The lowest BCUT2D eigenvalue weighted by Gasteiger charge is -2.44. The SMILES string of the molecule is CCN(CC)C(=O)c1ccc(C2(c3cccc(O)c3)CCCN(CCC(F)=C(F)F)C2)cc1. The molecule has 4 nitrogen and oxygen atoms in total. The van der Waals surface area contributed by atoms with Crippen LogP contribution in [0.25, 0.3) is 0 Å². The van der Waals surface area contributed by atoms with Crippen molar-refractivity contribution in [2.75, 3.05) is 32.7 Å². The summed E-state index contributed by atoms with van der Waals surface area (Å²) in [6.45, 7) is 6.50. The number of amides is 1. The van der Waals surface area contributed by atoms with Crippen LogP contribution in [0.3, 0.4) is 0 Å². The monoisotopic (exact) mass is 460 g/mol. The summed E-state index contributed by atoms with van der Waals surface area (Å²) in [7, 11) is 0. The van der Waals surface area contributed by atoms with Gasteiger partial charge in [0.25, 0.3) is 5.91 Å². The Balaban J connectivity index is 1.95. The first-order valence-corrected chi connectivity index (χ1v) is 11.4. The van der Waals surface area contributed by atoms with E-state index in [4.69, 9.17) is 0 Å². The van der Waals surface area contributed by atoms with Gasteiger partial charge in [-0.2, -0.15) is 8.78 Å². The van der Waals surface area contributed by atoms with Crippen molar-refractivity contribution in [2.45, 2.75) is 38.5 Å². The van der Waals surface area contributed by atoms with E-state index in [0.29, 0.717) is 31.7 Å². The number of carbonyl (C=O) groups is 1. The summed E-state index contributed by atoms with van der Waals surface area (Å²) in [6, 6.07) is 14.6. The molecule has 0 spiro atoms. The Morgan fingerprint density at radius 1 is 1.06 bits per heavy atom.